The van der Waals surface area contributed by atoms with Crippen LogP contribution in [0.2, 0.25) is 0 Å². The molecular weight excluding hydrogens is 192 g/mol. The third-order valence-electron chi connectivity index (χ3n) is 5.40. The molecule has 0 spiro atoms. The highest BCUT2D eigenvalue weighted by Crippen LogP contribution is 2.69. The normalized spacial score (nSPS) is 40.2. The Morgan fingerprint density at radius 3 is 2.31 bits per heavy atom. The van der Waals surface area contributed by atoms with E-state index in [2.05, 4.69) is 51.1 Å². The van der Waals surface area contributed by atoms with Crippen LogP contribution in [0.25, 0.3) is 0 Å². The van der Waals surface area contributed by atoms with E-state index in [0.29, 0.717) is 10.8 Å². The highest BCUT2D eigenvalue weighted by atomic mass is 14.6. The SMILES string of the molecule is CC12CCC(C1)C(C)(C)C2c1ccccc1. The molecule has 0 amide bonds. The first-order valence-corrected chi connectivity index (χ1v) is 6.59. The molecule has 0 saturated heterocycles. The van der Waals surface area contributed by atoms with Crippen molar-refractivity contribution in [3.05, 3.63) is 35.9 Å². The Kier molecular flexibility index (Phi) is 2.02. The average Bonchev–Trinajstić information content (AvgIpc) is 2.70. The number of rotatable bonds is 1. The molecule has 0 heterocycles. The minimum atomic E-state index is 0.494. The predicted molar refractivity (Wildman–Crippen MR) is 68.4 cm³/mol. The van der Waals surface area contributed by atoms with Crippen LogP contribution in [0.5, 0.6) is 0 Å². The van der Waals surface area contributed by atoms with Gasteiger partial charge in [0.2, 0.25) is 0 Å². The largest absolute Gasteiger partial charge is 0.0622 e. The standard InChI is InChI=1S/C16H22/c1-15(2)13-9-10-16(3,11-13)14(15)12-7-5-4-6-8-12/h4-8,13-14H,9-11H2,1-3H3. The molecule has 3 rings (SSSR count). The maximum Gasteiger partial charge on any atom is -0.00539 e. The van der Waals surface area contributed by atoms with Gasteiger partial charge in [-0.05, 0) is 47.5 Å². The Hall–Kier alpha value is -0.780. The summed E-state index contributed by atoms with van der Waals surface area (Å²) in [6.45, 7) is 7.49. The third kappa shape index (κ3) is 1.22. The molecule has 0 N–H and O–H groups in total. The molecule has 0 aliphatic heterocycles. The van der Waals surface area contributed by atoms with Crippen LogP contribution in [0.15, 0.2) is 30.3 Å². The van der Waals surface area contributed by atoms with Crippen LogP contribution in [-0.2, 0) is 0 Å². The van der Waals surface area contributed by atoms with Crippen LogP contribution >= 0.6 is 0 Å². The Morgan fingerprint density at radius 1 is 1.06 bits per heavy atom. The van der Waals surface area contributed by atoms with E-state index >= 15 is 0 Å². The van der Waals surface area contributed by atoms with Gasteiger partial charge < -0.3 is 0 Å². The fourth-order valence-corrected chi connectivity index (χ4v) is 4.78. The molecule has 16 heavy (non-hydrogen) atoms. The Labute approximate surface area is 99.1 Å². The molecule has 0 radical (unpaired) electrons. The minimum Gasteiger partial charge on any atom is -0.0622 e. The zero-order chi connectivity index (χ0) is 11.4. The van der Waals surface area contributed by atoms with Crippen molar-refractivity contribution in [3.63, 3.8) is 0 Å². The molecule has 2 saturated carbocycles. The molecule has 2 aliphatic rings. The van der Waals surface area contributed by atoms with Gasteiger partial charge in [-0.25, -0.2) is 0 Å². The van der Waals surface area contributed by atoms with Gasteiger partial charge in [-0.1, -0.05) is 51.1 Å². The molecule has 0 nitrogen and oxygen atoms in total. The molecule has 2 bridgehead atoms. The van der Waals surface area contributed by atoms with Crippen molar-refractivity contribution in [2.75, 3.05) is 0 Å². The molecule has 3 atom stereocenters. The third-order valence-corrected chi connectivity index (χ3v) is 5.40. The van der Waals surface area contributed by atoms with E-state index in [9.17, 15) is 0 Å². The van der Waals surface area contributed by atoms with E-state index < -0.39 is 0 Å². The first-order valence-electron chi connectivity index (χ1n) is 6.59. The van der Waals surface area contributed by atoms with Crippen molar-refractivity contribution in [3.8, 4) is 0 Å². The summed E-state index contributed by atoms with van der Waals surface area (Å²) < 4.78 is 0. The van der Waals surface area contributed by atoms with Gasteiger partial charge in [-0.15, -0.1) is 0 Å². The van der Waals surface area contributed by atoms with Gasteiger partial charge in [-0.3, -0.25) is 0 Å². The van der Waals surface area contributed by atoms with E-state index in [-0.39, 0.29) is 0 Å². The first kappa shape index (κ1) is 10.4. The summed E-state index contributed by atoms with van der Waals surface area (Å²) in [6, 6.07) is 11.2. The van der Waals surface area contributed by atoms with Crippen LogP contribution in [-0.4, -0.2) is 0 Å². The second kappa shape index (κ2) is 3.12. The topological polar surface area (TPSA) is 0 Å². The minimum absolute atomic E-state index is 0.494. The molecular formula is C16H22. The molecule has 1 aromatic rings. The van der Waals surface area contributed by atoms with Gasteiger partial charge >= 0.3 is 0 Å². The van der Waals surface area contributed by atoms with E-state index in [0.717, 1.165) is 11.8 Å². The molecule has 1 aromatic carbocycles. The monoisotopic (exact) mass is 214 g/mol. The van der Waals surface area contributed by atoms with Crippen LogP contribution in [0.1, 0.15) is 51.5 Å². The molecule has 0 heteroatoms. The molecule has 3 unspecified atom stereocenters. The van der Waals surface area contributed by atoms with Gasteiger partial charge in [0, 0.05) is 0 Å². The summed E-state index contributed by atoms with van der Waals surface area (Å²) in [5.41, 5.74) is 2.63. The molecule has 2 aliphatic carbocycles. The summed E-state index contributed by atoms with van der Waals surface area (Å²) in [5.74, 6) is 1.71. The second-order valence-electron chi connectivity index (χ2n) is 6.76. The van der Waals surface area contributed by atoms with Crippen LogP contribution in [0.3, 0.4) is 0 Å². The van der Waals surface area contributed by atoms with Crippen LogP contribution in [0.4, 0.5) is 0 Å². The van der Waals surface area contributed by atoms with E-state index in [4.69, 9.17) is 0 Å². The van der Waals surface area contributed by atoms with Crippen molar-refractivity contribution < 1.29 is 0 Å². The fraction of sp³-hybridized carbons (Fsp3) is 0.625. The zero-order valence-corrected chi connectivity index (χ0v) is 10.7. The Balaban J connectivity index is 2.07. The van der Waals surface area contributed by atoms with Gasteiger partial charge in [0.25, 0.3) is 0 Å². The zero-order valence-electron chi connectivity index (χ0n) is 10.7. The quantitative estimate of drug-likeness (QED) is 0.640. The smallest absolute Gasteiger partial charge is 0.00539 e. The van der Waals surface area contributed by atoms with Crippen molar-refractivity contribution in [2.24, 2.45) is 16.7 Å². The van der Waals surface area contributed by atoms with Crippen molar-refractivity contribution in [1.82, 2.24) is 0 Å². The lowest BCUT2D eigenvalue weighted by Gasteiger charge is -2.43. The van der Waals surface area contributed by atoms with Crippen molar-refractivity contribution in [2.45, 2.75) is 46.0 Å². The lowest BCUT2D eigenvalue weighted by atomic mass is 9.61. The fourth-order valence-electron chi connectivity index (χ4n) is 4.78. The van der Waals surface area contributed by atoms with Crippen LogP contribution in [0, 0.1) is 16.7 Å². The lowest BCUT2D eigenvalue weighted by molar-refractivity contribution is 0.137. The van der Waals surface area contributed by atoms with Crippen molar-refractivity contribution in [1.29, 1.82) is 0 Å². The predicted octanol–water partition coefficient (Wildman–Crippen LogP) is 4.62. The molecule has 0 aromatic heterocycles. The number of hydrogen-bond donors (Lipinski definition) is 0. The number of hydrogen-bond acceptors (Lipinski definition) is 0. The Morgan fingerprint density at radius 2 is 1.75 bits per heavy atom. The van der Waals surface area contributed by atoms with Crippen molar-refractivity contribution >= 4 is 0 Å². The highest BCUT2D eigenvalue weighted by Gasteiger charge is 2.59. The summed E-state index contributed by atoms with van der Waals surface area (Å²) >= 11 is 0. The van der Waals surface area contributed by atoms with Gasteiger partial charge in [0.05, 0.1) is 0 Å². The lowest BCUT2D eigenvalue weighted by Crippen LogP contribution is -2.33. The molecule has 2 fully saturated rings. The summed E-state index contributed by atoms with van der Waals surface area (Å²) in [6.07, 6.45) is 4.33. The number of fused-ring (bicyclic) bond motifs is 2. The second-order valence-corrected chi connectivity index (χ2v) is 6.76. The van der Waals surface area contributed by atoms with Crippen LogP contribution < -0.4 is 0 Å². The summed E-state index contributed by atoms with van der Waals surface area (Å²) in [4.78, 5) is 0. The maximum atomic E-state index is 2.51. The van der Waals surface area contributed by atoms with E-state index in [1.165, 1.54) is 19.3 Å². The Bertz CT molecular complexity index is 385. The highest BCUT2D eigenvalue weighted by molar-refractivity contribution is 5.29. The van der Waals surface area contributed by atoms with Gasteiger partial charge in [0.1, 0.15) is 0 Å². The van der Waals surface area contributed by atoms with Gasteiger partial charge in [-0.2, -0.15) is 0 Å². The maximum absolute atomic E-state index is 2.51. The average molecular weight is 214 g/mol. The first-order chi connectivity index (χ1) is 7.54. The molecule has 86 valence electrons. The van der Waals surface area contributed by atoms with E-state index in [1.54, 1.807) is 5.56 Å². The number of benzene rings is 1. The van der Waals surface area contributed by atoms with E-state index in [1.807, 2.05) is 0 Å². The summed E-state index contributed by atoms with van der Waals surface area (Å²) in [5, 5.41) is 0. The summed E-state index contributed by atoms with van der Waals surface area (Å²) in [7, 11) is 0. The van der Waals surface area contributed by atoms with Gasteiger partial charge in [0.15, 0.2) is 0 Å².